The van der Waals surface area contributed by atoms with Gasteiger partial charge in [0.05, 0.1) is 11.4 Å². The van der Waals surface area contributed by atoms with Crippen LogP contribution in [0.25, 0.3) is 16.2 Å². The molecule has 0 radical (unpaired) electrons. The van der Waals surface area contributed by atoms with E-state index in [0.717, 1.165) is 16.2 Å². The van der Waals surface area contributed by atoms with Crippen LogP contribution >= 0.6 is 11.3 Å². The van der Waals surface area contributed by atoms with E-state index in [1.54, 1.807) is 29.5 Å². The zero-order valence-electron chi connectivity index (χ0n) is 13.5. The number of carbonyl (C=O) groups is 1. The fourth-order valence-corrected chi connectivity index (χ4v) is 3.61. The van der Waals surface area contributed by atoms with Gasteiger partial charge in [0.1, 0.15) is 0 Å². The van der Waals surface area contributed by atoms with Gasteiger partial charge in [0, 0.05) is 28.9 Å². The van der Waals surface area contributed by atoms with Crippen LogP contribution < -0.4 is 14.8 Å². The number of fused-ring (bicyclic) bond motifs is 2. The van der Waals surface area contributed by atoms with E-state index in [0.29, 0.717) is 22.7 Å². The maximum Gasteiger partial charge on any atom is 0.255 e. The molecule has 2 aromatic carbocycles. The number of benzene rings is 2. The number of para-hydroxylation sites is 1. The van der Waals surface area contributed by atoms with E-state index >= 15 is 0 Å². The molecule has 0 fully saturated rings. The summed E-state index contributed by atoms with van der Waals surface area (Å²) in [6.07, 6.45) is 3.92. The summed E-state index contributed by atoms with van der Waals surface area (Å²) >= 11 is 1.57. The van der Waals surface area contributed by atoms with Gasteiger partial charge < -0.3 is 14.8 Å². The summed E-state index contributed by atoms with van der Waals surface area (Å²) in [4.78, 5) is 18.2. The third kappa shape index (κ3) is 2.49. The summed E-state index contributed by atoms with van der Waals surface area (Å²) < 4.78 is 12.6. The van der Waals surface area contributed by atoms with Crippen molar-refractivity contribution in [3.05, 3.63) is 65.8 Å². The molecule has 0 saturated heterocycles. The zero-order chi connectivity index (χ0) is 17.5. The molecule has 1 aliphatic heterocycles. The van der Waals surface area contributed by atoms with Crippen molar-refractivity contribution in [1.29, 1.82) is 0 Å². The second-order valence-corrected chi connectivity index (χ2v) is 6.66. The van der Waals surface area contributed by atoms with Crippen molar-refractivity contribution in [3.63, 3.8) is 0 Å². The van der Waals surface area contributed by atoms with Crippen LogP contribution in [0.3, 0.4) is 0 Å². The van der Waals surface area contributed by atoms with E-state index in [1.807, 2.05) is 46.4 Å². The topological polar surface area (TPSA) is 64.9 Å². The average molecular weight is 363 g/mol. The number of carbonyl (C=O) groups excluding carboxylic acids is 1. The molecule has 0 bridgehead atoms. The third-order valence-corrected chi connectivity index (χ3v) is 4.95. The highest BCUT2D eigenvalue weighted by Crippen LogP contribution is 2.33. The number of amides is 1. The predicted octanol–water partition coefficient (Wildman–Crippen LogP) is 4.04. The normalized spacial score (nSPS) is 12.5. The molecule has 5 rings (SSSR count). The Morgan fingerprint density at radius 1 is 1.15 bits per heavy atom. The second kappa shape index (κ2) is 5.89. The summed E-state index contributed by atoms with van der Waals surface area (Å²) in [5.41, 5.74) is 2.91. The minimum atomic E-state index is -0.211. The first-order valence-corrected chi connectivity index (χ1v) is 8.88. The van der Waals surface area contributed by atoms with Crippen LogP contribution in [0.2, 0.25) is 0 Å². The first-order chi connectivity index (χ1) is 12.8. The van der Waals surface area contributed by atoms with Crippen LogP contribution in [-0.4, -0.2) is 22.1 Å². The number of imidazole rings is 1. The Balaban J connectivity index is 1.47. The van der Waals surface area contributed by atoms with Crippen molar-refractivity contribution in [1.82, 2.24) is 9.38 Å². The van der Waals surface area contributed by atoms with Crippen LogP contribution in [-0.2, 0) is 0 Å². The van der Waals surface area contributed by atoms with Crippen molar-refractivity contribution in [2.24, 2.45) is 0 Å². The van der Waals surface area contributed by atoms with Gasteiger partial charge in [-0.2, -0.15) is 0 Å². The highest BCUT2D eigenvalue weighted by Gasteiger charge is 2.17. The molecule has 0 atom stereocenters. The van der Waals surface area contributed by atoms with Crippen LogP contribution in [0, 0.1) is 0 Å². The molecule has 0 aliphatic carbocycles. The van der Waals surface area contributed by atoms with E-state index in [2.05, 4.69) is 10.3 Å². The summed E-state index contributed by atoms with van der Waals surface area (Å²) in [5, 5.41) is 4.96. The molecule has 3 heterocycles. The van der Waals surface area contributed by atoms with Crippen molar-refractivity contribution in [3.8, 4) is 22.8 Å². The first kappa shape index (κ1) is 15.0. The first-order valence-electron chi connectivity index (χ1n) is 8.00. The maximum atomic E-state index is 12.7. The molecule has 1 N–H and O–H groups in total. The minimum absolute atomic E-state index is 0.181. The number of aromatic nitrogens is 2. The molecule has 1 amide bonds. The number of thiazole rings is 1. The summed E-state index contributed by atoms with van der Waals surface area (Å²) in [5.74, 6) is 1.03. The minimum Gasteiger partial charge on any atom is -0.454 e. The molecule has 7 heteroatoms. The average Bonchev–Trinajstić information content (AvgIpc) is 3.37. The second-order valence-electron chi connectivity index (χ2n) is 5.79. The van der Waals surface area contributed by atoms with Gasteiger partial charge in [-0.1, -0.05) is 18.2 Å². The van der Waals surface area contributed by atoms with Crippen molar-refractivity contribution >= 4 is 27.9 Å². The molecular weight excluding hydrogens is 350 g/mol. The van der Waals surface area contributed by atoms with Crippen molar-refractivity contribution < 1.29 is 14.3 Å². The summed E-state index contributed by atoms with van der Waals surface area (Å²) in [6, 6.07) is 12.8. The van der Waals surface area contributed by atoms with E-state index in [-0.39, 0.29) is 12.7 Å². The molecule has 0 spiro atoms. The Morgan fingerprint density at radius 2 is 2.04 bits per heavy atom. The standard InChI is InChI=1S/C19H13N3O3S/c23-18(12-5-6-16-17(9-12)25-11-24-16)20-14-4-2-1-3-13(14)15-10-22-7-8-26-19(22)21-15/h1-10H,11H2,(H,20,23). The molecule has 6 nitrogen and oxygen atoms in total. The fraction of sp³-hybridized carbons (Fsp3) is 0.0526. The van der Waals surface area contributed by atoms with Crippen molar-refractivity contribution in [2.75, 3.05) is 12.1 Å². The number of nitrogens with zero attached hydrogens (tertiary/aromatic N) is 2. The number of rotatable bonds is 3. The summed E-state index contributed by atoms with van der Waals surface area (Å²) in [6.45, 7) is 0.181. The Labute approximate surface area is 152 Å². The van der Waals surface area contributed by atoms with Crippen LogP contribution in [0.5, 0.6) is 11.5 Å². The SMILES string of the molecule is O=C(Nc1ccccc1-c1cn2ccsc2n1)c1ccc2c(c1)OCO2. The lowest BCUT2D eigenvalue weighted by molar-refractivity contribution is 0.102. The lowest BCUT2D eigenvalue weighted by Gasteiger charge is -2.10. The van der Waals surface area contributed by atoms with Crippen LogP contribution in [0.4, 0.5) is 5.69 Å². The van der Waals surface area contributed by atoms with E-state index < -0.39 is 0 Å². The number of hydrogen-bond donors (Lipinski definition) is 1. The van der Waals surface area contributed by atoms with Gasteiger partial charge in [-0.3, -0.25) is 9.20 Å². The van der Waals surface area contributed by atoms with Gasteiger partial charge in [-0.25, -0.2) is 4.98 Å². The Hall–Kier alpha value is -3.32. The Morgan fingerprint density at radius 3 is 2.96 bits per heavy atom. The van der Waals surface area contributed by atoms with Gasteiger partial charge in [0.15, 0.2) is 16.5 Å². The predicted molar refractivity (Wildman–Crippen MR) is 99.0 cm³/mol. The molecule has 0 unspecified atom stereocenters. The van der Waals surface area contributed by atoms with E-state index in [9.17, 15) is 4.79 Å². The smallest absolute Gasteiger partial charge is 0.255 e. The maximum absolute atomic E-state index is 12.7. The van der Waals surface area contributed by atoms with Gasteiger partial charge in [0.25, 0.3) is 5.91 Å². The zero-order valence-corrected chi connectivity index (χ0v) is 14.3. The van der Waals surface area contributed by atoms with Gasteiger partial charge in [0.2, 0.25) is 6.79 Å². The summed E-state index contributed by atoms with van der Waals surface area (Å²) in [7, 11) is 0. The monoisotopic (exact) mass is 363 g/mol. The fourth-order valence-electron chi connectivity index (χ4n) is 2.90. The highest BCUT2D eigenvalue weighted by molar-refractivity contribution is 7.15. The molecule has 0 saturated carbocycles. The lowest BCUT2D eigenvalue weighted by Crippen LogP contribution is -2.12. The molecule has 4 aromatic rings. The number of hydrogen-bond acceptors (Lipinski definition) is 5. The highest BCUT2D eigenvalue weighted by atomic mass is 32.1. The third-order valence-electron chi connectivity index (χ3n) is 4.18. The molecule has 2 aromatic heterocycles. The largest absolute Gasteiger partial charge is 0.454 e. The molecule has 26 heavy (non-hydrogen) atoms. The quantitative estimate of drug-likeness (QED) is 0.596. The molecule has 1 aliphatic rings. The molecule has 128 valence electrons. The van der Waals surface area contributed by atoms with E-state index in [4.69, 9.17) is 9.47 Å². The van der Waals surface area contributed by atoms with Gasteiger partial charge in [-0.15, -0.1) is 11.3 Å². The van der Waals surface area contributed by atoms with Crippen LogP contribution in [0.15, 0.2) is 60.2 Å². The number of nitrogens with one attached hydrogen (secondary N) is 1. The number of anilines is 1. The van der Waals surface area contributed by atoms with Crippen molar-refractivity contribution in [2.45, 2.75) is 0 Å². The van der Waals surface area contributed by atoms with Crippen LogP contribution in [0.1, 0.15) is 10.4 Å². The lowest BCUT2D eigenvalue weighted by atomic mass is 10.1. The van der Waals surface area contributed by atoms with Gasteiger partial charge >= 0.3 is 0 Å². The van der Waals surface area contributed by atoms with E-state index in [1.165, 1.54) is 0 Å². The Bertz CT molecular complexity index is 1100. The van der Waals surface area contributed by atoms with Gasteiger partial charge in [-0.05, 0) is 24.3 Å². The number of ether oxygens (including phenoxy) is 2. The molecular formula is C19H13N3O3S. The Kier molecular flexibility index (Phi) is 3.39.